The molecule has 18 heavy (non-hydrogen) atoms. The van der Waals surface area contributed by atoms with E-state index in [1.807, 2.05) is 24.3 Å². The lowest BCUT2D eigenvalue weighted by molar-refractivity contribution is -0.119. The zero-order valence-corrected chi connectivity index (χ0v) is 11.8. The Bertz CT molecular complexity index is 394. The molecule has 0 spiro atoms. The van der Waals surface area contributed by atoms with E-state index in [2.05, 4.69) is 31.4 Å². The molecule has 100 valence electrons. The van der Waals surface area contributed by atoms with Crippen LogP contribution in [-0.2, 0) is 11.2 Å². The molecule has 0 aliphatic rings. The Morgan fingerprint density at radius 2 is 1.89 bits per heavy atom. The number of hydrogen-bond donors (Lipinski definition) is 2. The van der Waals surface area contributed by atoms with Gasteiger partial charge >= 0.3 is 0 Å². The van der Waals surface area contributed by atoms with Gasteiger partial charge in [0, 0.05) is 19.3 Å². The molecule has 3 nitrogen and oxygen atoms in total. The molecule has 3 heteroatoms. The Morgan fingerprint density at radius 1 is 1.22 bits per heavy atom. The molecule has 1 aromatic rings. The Balaban J connectivity index is 2.62. The number of carbonyl (C=O) groups excluding carboxylic acids is 1. The molecular weight excluding hydrogens is 224 g/mol. The van der Waals surface area contributed by atoms with Gasteiger partial charge in [-0.25, -0.2) is 0 Å². The lowest BCUT2D eigenvalue weighted by Gasteiger charge is -2.19. The molecule has 0 unspecified atom stereocenters. The van der Waals surface area contributed by atoms with E-state index in [9.17, 15) is 4.79 Å². The number of para-hydroxylation sites is 1. The van der Waals surface area contributed by atoms with Gasteiger partial charge in [-0.15, -0.1) is 0 Å². The molecule has 1 rings (SSSR count). The summed E-state index contributed by atoms with van der Waals surface area (Å²) >= 11 is 0. The Labute approximate surface area is 110 Å². The maximum Gasteiger partial charge on any atom is 0.224 e. The number of nitrogens with one attached hydrogen (secondary N) is 2. The molecule has 1 amide bonds. The number of likely N-dealkylation sites (N-methyl/N-ethyl adjacent to an activating group) is 1. The molecule has 0 radical (unpaired) electrons. The van der Waals surface area contributed by atoms with Gasteiger partial charge in [0.15, 0.2) is 0 Å². The molecule has 0 saturated heterocycles. The summed E-state index contributed by atoms with van der Waals surface area (Å²) in [6, 6.07) is 7.98. The van der Waals surface area contributed by atoms with Crippen LogP contribution in [0.1, 0.15) is 32.8 Å². The zero-order chi connectivity index (χ0) is 13.6. The van der Waals surface area contributed by atoms with E-state index < -0.39 is 0 Å². The summed E-state index contributed by atoms with van der Waals surface area (Å²) in [6.45, 7) is 7.61. The van der Waals surface area contributed by atoms with Crippen molar-refractivity contribution < 1.29 is 4.79 Å². The average molecular weight is 248 g/mol. The maximum atomic E-state index is 11.4. The molecule has 0 aliphatic carbocycles. The highest BCUT2D eigenvalue weighted by atomic mass is 16.1. The van der Waals surface area contributed by atoms with Gasteiger partial charge in [-0.1, -0.05) is 39.0 Å². The molecule has 0 fully saturated rings. The SMILES string of the molecule is CNC(=O)Cc1ccccc1NCCC(C)(C)C. The van der Waals surface area contributed by atoms with Crippen molar-refractivity contribution >= 4 is 11.6 Å². The van der Waals surface area contributed by atoms with Crippen molar-refractivity contribution in [3.63, 3.8) is 0 Å². The van der Waals surface area contributed by atoms with Crippen LogP contribution >= 0.6 is 0 Å². The second kappa shape index (κ2) is 6.43. The van der Waals surface area contributed by atoms with Crippen molar-refractivity contribution in [1.82, 2.24) is 5.32 Å². The molecule has 0 atom stereocenters. The van der Waals surface area contributed by atoms with E-state index in [4.69, 9.17) is 0 Å². The maximum absolute atomic E-state index is 11.4. The fourth-order valence-corrected chi connectivity index (χ4v) is 1.68. The first kappa shape index (κ1) is 14.6. The van der Waals surface area contributed by atoms with Crippen molar-refractivity contribution in [2.45, 2.75) is 33.6 Å². The smallest absolute Gasteiger partial charge is 0.224 e. The summed E-state index contributed by atoms with van der Waals surface area (Å²) in [5.74, 6) is 0.0417. The number of anilines is 1. The third kappa shape index (κ3) is 5.21. The first-order valence-corrected chi connectivity index (χ1v) is 6.45. The number of rotatable bonds is 5. The Hall–Kier alpha value is -1.51. The topological polar surface area (TPSA) is 41.1 Å². The number of amides is 1. The third-order valence-corrected chi connectivity index (χ3v) is 2.84. The van der Waals surface area contributed by atoms with E-state index in [0.717, 1.165) is 24.2 Å². The molecule has 1 aromatic carbocycles. The number of benzene rings is 1. The van der Waals surface area contributed by atoms with Gasteiger partial charge in [-0.2, -0.15) is 0 Å². The van der Waals surface area contributed by atoms with Crippen LogP contribution in [0.3, 0.4) is 0 Å². The predicted molar refractivity (Wildman–Crippen MR) is 76.8 cm³/mol. The third-order valence-electron chi connectivity index (χ3n) is 2.84. The summed E-state index contributed by atoms with van der Waals surface area (Å²) in [7, 11) is 1.66. The van der Waals surface area contributed by atoms with Crippen LogP contribution in [0.4, 0.5) is 5.69 Å². The molecule has 0 saturated carbocycles. The summed E-state index contributed by atoms with van der Waals surface area (Å²) in [4.78, 5) is 11.4. The first-order chi connectivity index (χ1) is 8.42. The van der Waals surface area contributed by atoms with Gasteiger partial charge in [0.05, 0.1) is 6.42 Å². The summed E-state index contributed by atoms with van der Waals surface area (Å²) in [5, 5.41) is 6.07. The standard InChI is InChI=1S/C15H24N2O/c1-15(2,3)9-10-17-13-8-6-5-7-12(13)11-14(18)16-4/h5-8,17H,9-11H2,1-4H3,(H,16,18). The highest BCUT2D eigenvalue weighted by Crippen LogP contribution is 2.20. The van der Waals surface area contributed by atoms with Gasteiger partial charge in [0.25, 0.3) is 0 Å². The van der Waals surface area contributed by atoms with E-state index >= 15 is 0 Å². The minimum absolute atomic E-state index is 0.0417. The first-order valence-electron chi connectivity index (χ1n) is 6.45. The van der Waals surface area contributed by atoms with Gasteiger partial charge in [-0.05, 0) is 23.5 Å². The van der Waals surface area contributed by atoms with Crippen molar-refractivity contribution in [2.75, 3.05) is 18.9 Å². The Kier molecular flexibility index (Phi) is 5.20. The zero-order valence-electron chi connectivity index (χ0n) is 11.8. The Morgan fingerprint density at radius 3 is 2.50 bits per heavy atom. The second-order valence-corrected chi connectivity index (χ2v) is 5.74. The van der Waals surface area contributed by atoms with Crippen LogP contribution in [0.25, 0.3) is 0 Å². The lowest BCUT2D eigenvalue weighted by Crippen LogP contribution is -2.21. The predicted octanol–water partition coefficient (Wildman–Crippen LogP) is 2.82. The van der Waals surface area contributed by atoms with Gasteiger partial charge < -0.3 is 10.6 Å². The fourth-order valence-electron chi connectivity index (χ4n) is 1.68. The van der Waals surface area contributed by atoms with E-state index in [-0.39, 0.29) is 5.91 Å². The monoisotopic (exact) mass is 248 g/mol. The van der Waals surface area contributed by atoms with Crippen LogP contribution in [0.5, 0.6) is 0 Å². The van der Waals surface area contributed by atoms with Crippen LogP contribution in [0.2, 0.25) is 0 Å². The quantitative estimate of drug-likeness (QED) is 0.841. The highest BCUT2D eigenvalue weighted by Gasteiger charge is 2.10. The van der Waals surface area contributed by atoms with Gasteiger partial charge in [-0.3, -0.25) is 4.79 Å². The summed E-state index contributed by atoms with van der Waals surface area (Å²) < 4.78 is 0. The van der Waals surface area contributed by atoms with E-state index in [1.165, 1.54) is 0 Å². The molecule has 0 aliphatic heterocycles. The number of hydrogen-bond acceptors (Lipinski definition) is 2. The highest BCUT2D eigenvalue weighted by molar-refractivity contribution is 5.80. The summed E-state index contributed by atoms with van der Waals surface area (Å²) in [5.41, 5.74) is 2.43. The normalized spacial score (nSPS) is 11.1. The van der Waals surface area contributed by atoms with Crippen molar-refractivity contribution in [3.05, 3.63) is 29.8 Å². The average Bonchev–Trinajstić information content (AvgIpc) is 2.29. The van der Waals surface area contributed by atoms with Gasteiger partial charge in [0.1, 0.15) is 0 Å². The van der Waals surface area contributed by atoms with Gasteiger partial charge in [0.2, 0.25) is 5.91 Å². The minimum atomic E-state index is 0.0417. The van der Waals surface area contributed by atoms with E-state index in [1.54, 1.807) is 7.05 Å². The molecule has 0 bridgehead atoms. The molecule has 0 heterocycles. The van der Waals surface area contributed by atoms with Crippen molar-refractivity contribution in [3.8, 4) is 0 Å². The molecular formula is C15H24N2O. The molecule has 0 aromatic heterocycles. The molecule has 2 N–H and O–H groups in total. The van der Waals surface area contributed by atoms with Crippen LogP contribution in [0.15, 0.2) is 24.3 Å². The minimum Gasteiger partial charge on any atom is -0.385 e. The fraction of sp³-hybridized carbons (Fsp3) is 0.533. The lowest BCUT2D eigenvalue weighted by atomic mass is 9.92. The largest absolute Gasteiger partial charge is 0.385 e. The van der Waals surface area contributed by atoms with E-state index in [0.29, 0.717) is 11.8 Å². The van der Waals surface area contributed by atoms with Crippen molar-refractivity contribution in [1.29, 1.82) is 0 Å². The van der Waals surface area contributed by atoms with Crippen LogP contribution < -0.4 is 10.6 Å². The van der Waals surface area contributed by atoms with Crippen molar-refractivity contribution in [2.24, 2.45) is 5.41 Å². The van der Waals surface area contributed by atoms with Crippen LogP contribution in [-0.4, -0.2) is 19.5 Å². The second-order valence-electron chi connectivity index (χ2n) is 5.74. The summed E-state index contributed by atoms with van der Waals surface area (Å²) in [6.07, 6.45) is 1.52. The van der Waals surface area contributed by atoms with Crippen LogP contribution in [0, 0.1) is 5.41 Å². The number of carbonyl (C=O) groups is 1.